The van der Waals surface area contributed by atoms with Gasteiger partial charge in [0, 0.05) is 18.0 Å². The molecule has 1 fully saturated rings. The number of anilines is 1. The monoisotopic (exact) mass is 378 g/mol. The van der Waals surface area contributed by atoms with E-state index in [9.17, 15) is 13.2 Å². The molecule has 1 N–H and O–H groups in total. The third-order valence-corrected chi connectivity index (χ3v) is 7.59. The minimum atomic E-state index is -3.04. The van der Waals surface area contributed by atoms with Gasteiger partial charge in [-0.25, -0.2) is 13.1 Å². The zero-order valence-electron chi connectivity index (χ0n) is 13.7. The molecular weight excluding hydrogens is 360 g/mol. The summed E-state index contributed by atoms with van der Waals surface area (Å²) in [5.41, 5.74) is 2.75. The Morgan fingerprint density at radius 3 is 2.92 bits per heavy atom. The van der Waals surface area contributed by atoms with E-state index < -0.39 is 9.84 Å². The largest absolute Gasteiger partial charge is 0.310 e. The van der Waals surface area contributed by atoms with Crippen LogP contribution in [0.2, 0.25) is 0 Å². The standard InChI is InChI=1S/C16H18N4O3S2/c1-10-14-15(11-3-2-5-17-7-11)24-8-13(21)18-16(14)20(19-10)12-4-6-25(22,23)9-12/h2-3,5,7,12,15H,4,6,8-9H2,1H3,(H,18,21)/t12-,15-/m0/s1. The van der Waals surface area contributed by atoms with Gasteiger partial charge in [0.25, 0.3) is 0 Å². The minimum Gasteiger partial charge on any atom is -0.310 e. The number of aromatic nitrogens is 3. The zero-order chi connectivity index (χ0) is 17.6. The topological polar surface area (TPSA) is 93.9 Å². The van der Waals surface area contributed by atoms with Crippen LogP contribution in [0, 0.1) is 6.92 Å². The number of pyridine rings is 1. The molecule has 4 rings (SSSR count). The fourth-order valence-corrected chi connectivity index (χ4v) is 6.30. The van der Waals surface area contributed by atoms with Crippen molar-refractivity contribution in [1.82, 2.24) is 14.8 Å². The molecule has 25 heavy (non-hydrogen) atoms. The Morgan fingerprint density at radius 2 is 2.24 bits per heavy atom. The van der Waals surface area contributed by atoms with Gasteiger partial charge in [0.15, 0.2) is 9.84 Å². The number of aryl methyl sites for hydroxylation is 1. The molecule has 2 atom stereocenters. The van der Waals surface area contributed by atoms with Crippen LogP contribution in [0.5, 0.6) is 0 Å². The normalized spacial score (nSPS) is 25.2. The predicted octanol–water partition coefficient (Wildman–Crippen LogP) is 1.72. The van der Waals surface area contributed by atoms with E-state index in [-0.39, 0.29) is 28.7 Å². The van der Waals surface area contributed by atoms with Crippen LogP contribution in [0.25, 0.3) is 0 Å². The van der Waals surface area contributed by atoms with E-state index in [4.69, 9.17) is 0 Å². The Hall–Kier alpha value is -1.87. The van der Waals surface area contributed by atoms with Crippen LogP contribution in [-0.4, -0.2) is 46.3 Å². The number of carbonyl (C=O) groups is 1. The third-order valence-electron chi connectivity index (χ3n) is 4.57. The Kier molecular flexibility index (Phi) is 4.07. The Balaban J connectivity index is 1.82. The second-order valence-electron chi connectivity index (χ2n) is 6.37. The molecule has 0 aliphatic carbocycles. The molecule has 0 unspecified atom stereocenters. The number of fused-ring (bicyclic) bond motifs is 1. The molecule has 0 aromatic carbocycles. The molecule has 2 aliphatic heterocycles. The van der Waals surface area contributed by atoms with Gasteiger partial charge in [-0.1, -0.05) is 6.07 Å². The van der Waals surface area contributed by atoms with Crippen molar-refractivity contribution in [3.8, 4) is 0 Å². The Labute approximate surface area is 150 Å². The van der Waals surface area contributed by atoms with Crippen LogP contribution in [0.3, 0.4) is 0 Å². The quantitative estimate of drug-likeness (QED) is 0.855. The molecular formula is C16H18N4O3S2. The van der Waals surface area contributed by atoms with Crippen molar-refractivity contribution in [3.63, 3.8) is 0 Å². The molecule has 4 heterocycles. The summed E-state index contributed by atoms with van der Waals surface area (Å²) in [5, 5.41) is 7.48. The number of nitrogens with zero attached hydrogens (tertiary/aromatic N) is 3. The fraction of sp³-hybridized carbons (Fsp3) is 0.438. The van der Waals surface area contributed by atoms with Crippen molar-refractivity contribution in [1.29, 1.82) is 0 Å². The van der Waals surface area contributed by atoms with Crippen LogP contribution in [0.1, 0.15) is 34.5 Å². The number of carbonyl (C=O) groups excluding carboxylic acids is 1. The van der Waals surface area contributed by atoms with E-state index in [1.165, 1.54) is 11.8 Å². The molecule has 0 radical (unpaired) electrons. The second-order valence-corrected chi connectivity index (χ2v) is 9.70. The highest BCUT2D eigenvalue weighted by Gasteiger charge is 2.36. The van der Waals surface area contributed by atoms with E-state index in [1.54, 1.807) is 17.1 Å². The predicted molar refractivity (Wildman–Crippen MR) is 96.4 cm³/mol. The number of thioether (sulfide) groups is 1. The summed E-state index contributed by atoms with van der Waals surface area (Å²) >= 11 is 1.53. The lowest BCUT2D eigenvalue weighted by Gasteiger charge is -2.16. The summed E-state index contributed by atoms with van der Waals surface area (Å²) in [7, 11) is -3.04. The maximum atomic E-state index is 12.2. The molecule has 0 saturated carbocycles. The number of amides is 1. The fourth-order valence-electron chi connectivity index (χ4n) is 3.44. The van der Waals surface area contributed by atoms with Crippen molar-refractivity contribution in [2.45, 2.75) is 24.6 Å². The van der Waals surface area contributed by atoms with Crippen molar-refractivity contribution in [3.05, 3.63) is 41.3 Å². The molecule has 1 saturated heterocycles. The number of sulfone groups is 1. The SMILES string of the molecule is Cc1nn([C@H]2CCS(=O)(=O)C2)c2c1[C@H](c1cccnc1)SCC(=O)N2. The van der Waals surface area contributed by atoms with Gasteiger partial charge in [0.2, 0.25) is 5.91 Å². The average Bonchev–Trinajstić information content (AvgIpc) is 3.03. The molecule has 9 heteroatoms. The maximum Gasteiger partial charge on any atom is 0.235 e. The summed E-state index contributed by atoms with van der Waals surface area (Å²) in [6, 6.07) is 3.63. The molecule has 2 aliphatic rings. The van der Waals surface area contributed by atoms with Gasteiger partial charge >= 0.3 is 0 Å². The number of rotatable bonds is 2. The van der Waals surface area contributed by atoms with Crippen molar-refractivity contribution < 1.29 is 13.2 Å². The Bertz CT molecular complexity index is 924. The molecule has 2 aromatic heterocycles. The molecule has 0 bridgehead atoms. The smallest absolute Gasteiger partial charge is 0.235 e. The van der Waals surface area contributed by atoms with Crippen LogP contribution in [-0.2, 0) is 14.6 Å². The van der Waals surface area contributed by atoms with E-state index >= 15 is 0 Å². The van der Waals surface area contributed by atoms with Crippen molar-refractivity contribution >= 4 is 33.3 Å². The first-order valence-corrected chi connectivity index (χ1v) is 10.9. The minimum absolute atomic E-state index is 0.0607. The summed E-state index contributed by atoms with van der Waals surface area (Å²) in [5.74, 6) is 1.10. The maximum absolute atomic E-state index is 12.2. The number of nitrogens with one attached hydrogen (secondary N) is 1. The average molecular weight is 378 g/mol. The first-order valence-electron chi connectivity index (χ1n) is 8.05. The van der Waals surface area contributed by atoms with Gasteiger partial charge in [-0.3, -0.25) is 9.78 Å². The lowest BCUT2D eigenvalue weighted by molar-refractivity contribution is -0.113. The third kappa shape index (κ3) is 3.06. The van der Waals surface area contributed by atoms with Gasteiger partial charge in [-0.05, 0) is 25.0 Å². The lowest BCUT2D eigenvalue weighted by Crippen LogP contribution is -2.20. The van der Waals surface area contributed by atoms with Crippen LogP contribution < -0.4 is 5.32 Å². The first kappa shape index (κ1) is 16.6. The van der Waals surface area contributed by atoms with Crippen molar-refractivity contribution in [2.75, 3.05) is 22.6 Å². The first-order chi connectivity index (χ1) is 11.9. The molecule has 0 spiro atoms. The summed E-state index contributed by atoms with van der Waals surface area (Å²) < 4.78 is 25.4. The van der Waals surface area contributed by atoms with Crippen LogP contribution >= 0.6 is 11.8 Å². The van der Waals surface area contributed by atoms with Gasteiger partial charge in [0.05, 0.1) is 34.2 Å². The summed E-state index contributed by atoms with van der Waals surface area (Å²) in [6.45, 7) is 1.90. The molecule has 132 valence electrons. The highest BCUT2D eigenvalue weighted by molar-refractivity contribution is 8.00. The number of hydrogen-bond acceptors (Lipinski definition) is 6. The second kappa shape index (κ2) is 6.14. The molecule has 1 amide bonds. The molecule has 7 nitrogen and oxygen atoms in total. The zero-order valence-corrected chi connectivity index (χ0v) is 15.3. The van der Waals surface area contributed by atoms with E-state index in [2.05, 4.69) is 15.4 Å². The number of hydrogen-bond donors (Lipinski definition) is 1. The van der Waals surface area contributed by atoms with Crippen LogP contribution in [0.4, 0.5) is 5.82 Å². The highest BCUT2D eigenvalue weighted by Crippen LogP contribution is 2.44. The molecule has 2 aromatic rings. The van der Waals surface area contributed by atoms with Gasteiger partial charge < -0.3 is 5.32 Å². The van der Waals surface area contributed by atoms with Crippen molar-refractivity contribution in [2.24, 2.45) is 0 Å². The Morgan fingerprint density at radius 1 is 1.40 bits per heavy atom. The summed E-state index contributed by atoms with van der Waals surface area (Å²) in [6.07, 6.45) is 4.04. The highest BCUT2D eigenvalue weighted by atomic mass is 32.2. The summed E-state index contributed by atoms with van der Waals surface area (Å²) in [4.78, 5) is 16.4. The van der Waals surface area contributed by atoms with E-state index in [0.717, 1.165) is 16.8 Å². The van der Waals surface area contributed by atoms with E-state index in [1.807, 2.05) is 19.1 Å². The van der Waals surface area contributed by atoms with E-state index in [0.29, 0.717) is 18.0 Å². The lowest BCUT2D eigenvalue weighted by atomic mass is 10.1. The van der Waals surface area contributed by atoms with Gasteiger partial charge in [-0.2, -0.15) is 5.10 Å². The van der Waals surface area contributed by atoms with Gasteiger partial charge in [-0.15, -0.1) is 11.8 Å². The van der Waals surface area contributed by atoms with Crippen LogP contribution in [0.15, 0.2) is 24.5 Å². The van der Waals surface area contributed by atoms with Gasteiger partial charge in [0.1, 0.15) is 5.82 Å².